The molecule has 0 saturated carbocycles. The lowest BCUT2D eigenvalue weighted by Gasteiger charge is -2.06. The SMILES string of the molecule is Cc1nn(-c2nnc(-c3ccc(C(F)(F)F)cc3)s2)c(C(=O)O)c1-c1cccc(F)c1. The number of carbonyl (C=O) groups is 1. The third kappa shape index (κ3) is 3.91. The molecule has 11 heteroatoms. The van der Waals surface area contributed by atoms with E-state index in [1.54, 1.807) is 13.0 Å². The Morgan fingerprint density at radius 1 is 1.06 bits per heavy atom. The van der Waals surface area contributed by atoms with Crippen molar-refractivity contribution in [1.82, 2.24) is 20.0 Å². The smallest absolute Gasteiger partial charge is 0.416 e. The molecule has 0 aliphatic rings. The maximum atomic E-state index is 13.7. The second-order valence-electron chi connectivity index (χ2n) is 6.50. The predicted octanol–water partition coefficient (Wildman–Crippen LogP) is 5.22. The molecule has 0 aliphatic heterocycles. The zero-order valence-electron chi connectivity index (χ0n) is 15.7. The number of hydrogen-bond acceptors (Lipinski definition) is 5. The first kappa shape index (κ1) is 20.7. The van der Waals surface area contributed by atoms with E-state index in [-0.39, 0.29) is 16.4 Å². The number of aromatic carboxylic acids is 1. The standard InChI is InChI=1S/C20H12F4N4O2S/c1-10-15(12-3-2-4-14(21)9-12)16(18(29)30)28(27-10)19-26-25-17(31-19)11-5-7-13(8-6-11)20(22,23)24/h2-9H,1H3,(H,29,30). The molecule has 2 aromatic heterocycles. The van der Waals surface area contributed by atoms with Gasteiger partial charge in [-0.1, -0.05) is 35.6 Å². The van der Waals surface area contributed by atoms with Crippen molar-refractivity contribution in [2.75, 3.05) is 0 Å². The first-order valence-corrected chi connectivity index (χ1v) is 9.57. The van der Waals surface area contributed by atoms with Gasteiger partial charge in [0.25, 0.3) is 0 Å². The molecule has 0 spiro atoms. The number of alkyl halides is 3. The number of carboxylic acids is 1. The molecule has 0 fully saturated rings. The van der Waals surface area contributed by atoms with Crippen LogP contribution in [0.1, 0.15) is 21.7 Å². The van der Waals surface area contributed by atoms with Crippen molar-refractivity contribution >= 4 is 17.3 Å². The van der Waals surface area contributed by atoms with Gasteiger partial charge in [0.05, 0.1) is 11.3 Å². The van der Waals surface area contributed by atoms with Gasteiger partial charge in [0.2, 0.25) is 5.13 Å². The number of rotatable bonds is 4. The van der Waals surface area contributed by atoms with Gasteiger partial charge in [-0.25, -0.2) is 9.18 Å². The van der Waals surface area contributed by atoms with E-state index in [1.165, 1.54) is 30.3 Å². The molecule has 0 radical (unpaired) electrons. The Kier molecular flexibility index (Phi) is 5.05. The average molecular weight is 448 g/mol. The second kappa shape index (κ2) is 7.58. The predicted molar refractivity (Wildman–Crippen MR) is 105 cm³/mol. The minimum atomic E-state index is -4.46. The topological polar surface area (TPSA) is 80.9 Å². The van der Waals surface area contributed by atoms with Gasteiger partial charge < -0.3 is 5.11 Å². The molecule has 0 saturated heterocycles. The van der Waals surface area contributed by atoms with Crippen LogP contribution in [0.3, 0.4) is 0 Å². The molecule has 4 aromatic rings. The van der Waals surface area contributed by atoms with Crippen LogP contribution in [0.2, 0.25) is 0 Å². The highest BCUT2D eigenvalue weighted by molar-refractivity contribution is 7.17. The van der Waals surface area contributed by atoms with E-state index in [1.807, 2.05) is 0 Å². The Bertz CT molecular complexity index is 1280. The summed E-state index contributed by atoms with van der Waals surface area (Å²) < 4.78 is 53.0. The van der Waals surface area contributed by atoms with Crippen LogP contribution in [-0.2, 0) is 6.18 Å². The largest absolute Gasteiger partial charge is 0.476 e. The molecule has 0 unspecified atom stereocenters. The van der Waals surface area contributed by atoms with Crippen LogP contribution >= 0.6 is 11.3 Å². The molecule has 2 aromatic carbocycles. The summed E-state index contributed by atoms with van der Waals surface area (Å²) in [6, 6.07) is 9.85. The third-order valence-corrected chi connectivity index (χ3v) is 5.38. The number of carboxylic acid groups (broad SMARTS) is 1. The van der Waals surface area contributed by atoms with Crippen molar-refractivity contribution in [3.8, 4) is 26.8 Å². The van der Waals surface area contributed by atoms with Gasteiger partial charge in [0.1, 0.15) is 10.8 Å². The van der Waals surface area contributed by atoms with E-state index < -0.39 is 23.5 Å². The Morgan fingerprint density at radius 3 is 2.39 bits per heavy atom. The molecule has 0 amide bonds. The Hall–Kier alpha value is -3.60. The normalized spacial score (nSPS) is 11.6. The number of hydrogen-bond donors (Lipinski definition) is 1. The number of nitrogens with zero attached hydrogens (tertiary/aromatic N) is 4. The molecule has 2 heterocycles. The highest BCUT2D eigenvalue weighted by Gasteiger charge is 2.30. The highest BCUT2D eigenvalue weighted by Crippen LogP contribution is 2.34. The first-order valence-electron chi connectivity index (χ1n) is 8.75. The van der Waals surface area contributed by atoms with Gasteiger partial charge in [-0.05, 0) is 36.8 Å². The molecule has 0 atom stereocenters. The Balaban J connectivity index is 1.77. The number of benzene rings is 2. The lowest BCUT2D eigenvalue weighted by Crippen LogP contribution is -2.09. The maximum Gasteiger partial charge on any atom is 0.416 e. The van der Waals surface area contributed by atoms with E-state index >= 15 is 0 Å². The number of aryl methyl sites for hydroxylation is 1. The van der Waals surface area contributed by atoms with Crippen LogP contribution in [0.4, 0.5) is 17.6 Å². The summed E-state index contributed by atoms with van der Waals surface area (Å²) in [6.07, 6.45) is -4.46. The lowest BCUT2D eigenvalue weighted by molar-refractivity contribution is -0.137. The van der Waals surface area contributed by atoms with Crippen molar-refractivity contribution in [3.05, 3.63) is 71.3 Å². The summed E-state index contributed by atoms with van der Waals surface area (Å²) in [6.45, 7) is 1.58. The summed E-state index contributed by atoms with van der Waals surface area (Å²) in [7, 11) is 0. The van der Waals surface area contributed by atoms with Gasteiger partial charge in [0, 0.05) is 11.1 Å². The van der Waals surface area contributed by atoms with Gasteiger partial charge in [-0.2, -0.15) is 23.0 Å². The van der Waals surface area contributed by atoms with Crippen LogP contribution in [-0.4, -0.2) is 31.1 Å². The van der Waals surface area contributed by atoms with Crippen molar-refractivity contribution in [1.29, 1.82) is 0 Å². The van der Waals surface area contributed by atoms with Crippen molar-refractivity contribution in [2.24, 2.45) is 0 Å². The zero-order valence-corrected chi connectivity index (χ0v) is 16.5. The van der Waals surface area contributed by atoms with Gasteiger partial charge in [-0.3, -0.25) is 0 Å². The zero-order chi connectivity index (χ0) is 22.3. The van der Waals surface area contributed by atoms with Crippen LogP contribution in [0.25, 0.3) is 26.8 Å². The van der Waals surface area contributed by atoms with Gasteiger partial charge in [0.15, 0.2) is 5.69 Å². The van der Waals surface area contributed by atoms with E-state index in [4.69, 9.17) is 0 Å². The van der Waals surface area contributed by atoms with Crippen molar-refractivity contribution in [3.63, 3.8) is 0 Å². The summed E-state index contributed by atoms with van der Waals surface area (Å²) in [5.74, 6) is -1.83. The third-order valence-electron chi connectivity index (χ3n) is 4.43. The minimum Gasteiger partial charge on any atom is -0.476 e. The van der Waals surface area contributed by atoms with Crippen LogP contribution < -0.4 is 0 Å². The van der Waals surface area contributed by atoms with E-state index in [0.717, 1.165) is 28.2 Å². The second-order valence-corrected chi connectivity index (χ2v) is 7.46. The van der Waals surface area contributed by atoms with Crippen LogP contribution in [0.5, 0.6) is 0 Å². The Labute approximate surface area is 176 Å². The van der Waals surface area contributed by atoms with Crippen LogP contribution in [0.15, 0.2) is 48.5 Å². The lowest BCUT2D eigenvalue weighted by atomic mass is 10.0. The summed E-state index contributed by atoms with van der Waals surface area (Å²) in [5, 5.41) is 22.3. The molecule has 0 bridgehead atoms. The fraction of sp³-hybridized carbons (Fsp3) is 0.100. The molecule has 6 nitrogen and oxygen atoms in total. The monoisotopic (exact) mass is 448 g/mol. The van der Waals surface area contributed by atoms with Crippen molar-refractivity contribution in [2.45, 2.75) is 13.1 Å². The Morgan fingerprint density at radius 2 is 1.77 bits per heavy atom. The number of halogens is 4. The van der Waals surface area contributed by atoms with Gasteiger partial charge >= 0.3 is 12.1 Å². The maximum absolute atomic E-state index is 13.7. The molecular weight excluding hydrogens is 436 g/mol. The molecule has 4 rings (SSSR count). The fourth-order valence-electron chi connectivity index (χ4n) is 3.07. The van der Waals surface area contributed by atoms with E-state index in [0.29, 0.717) is 21.8 Å². The average Bonchev–Trinajstić information content (AvgIpc) is 3.32. The molecule has 0 aliphatic carbocycles. The van der Waals surface area contributed by atoms with Crippen molar-refractivity contribution < 1.29 is 27.5 Å². The minimum absolute atomic E-state index is 0.109. The van der Waals surface area contributed by atoms with E-state index in [2.05, 4.69) is 15.3 Å². The fourth-order valence-corrected chi connectivity index (χ4v) is 3.88. The number of aromatic nitrogens is 4. The summed E-state index contributed by atoms with van der Waals surface area (Å²) >= 11 is 0.964. The summed E-state index contributed by atoms with van der Waals surface area (Å²) in [5.41, 5.74) is 0.291. The summed E-state index contributed by atoms with van der Waals surface area (Å²) in [4.78, 5) is 12.0. The quantitative estimate of drug-likeness (QED) is 0.433. The highest BCUT2D eigenvalue weighted by atomic mass is 32.1. The molecule has 31 heavy (non-hydrogen) atoms. The first-order chi connectivity index (χ1) is 14.6. The van der Waals surface area contributed by atoms with E-state index in [9.17, 15) is 27.5 Å². The molecular formula is C20H12F4N4O2S. The molecule has 1 N–H and O–H groups in total. The van der Waals surface area contributed by atoms with Crippen LogP contribution in [0, 0.1) is 12.7 Å². The molecule has 158 valence electrons. The van der Waals surface area contributed by atoms with Gasteiger partial charge in [-0.15, -0.1) is 10.2 Å².